The number of aliphatic hydroxyl groups excluding tert-OH is 1. The van der Waals surface area contributed by atoms with Gasteiger partial charge in [-0.1, -0.05) is 18.2 Å². The summed E-state index contributed by atoms with van der Waals surface area (Å²) < 4.78 is 44.1. The van der Waals surface area contributed by atoms with Crippen LogP contribution in [-0.2, 0) is 0 Å². The first-order chi connectivity index (χ1) is 9.95. The molecule has 1 aromatic carbocycles. The fourth-order valence-electron chi connectivity index (χ4n) is 2.36. The van der Waals surface area contributed by atoms with E-state index in [1.165, 1.54) is 23.9 Å². The molecule has 0 heterocycles. The van der Waals surface area contributed by atoms with Crippen molar-refractivity contribution in [3.05, 3.63) is 30.3 Å². The van der Waals surface area contributed by atoms with E-state index >= 15 is 0 Å². The van der Waals surface area contributed by atoms with E-state index in [4.69, 9.17) is 4.74 Å². The van der Waals surface area contributed by atoms with Gasteiger partial charge in [0.1, 0.15) is 5.75 Å². The number of hydrogen-bond acceptors (Lipinski definition) is 3. The van der Waals surface area contributed by atoms with E-state index in [-0.39, 0.29) is 23.5 Å². The van der Waals surface area contributed by atoms with Crippen LogP contribution in [0.5, 0.6) is 5.75 Å². The van der Waals surface area contributed by atoms with Crippen molar-refractivity contribution in [3.8, 4) is 5.75 Å². The summed E-state index contributed by atoms with van der Waals surface area (Å²) >= 11 is 1.50. The van der Waals surface area contributed by atoms with E-state index < -0.39 is 12.3 Å². The van der Waals surface area contributed by atoms with Gasteiger partial charge in [0.25, 0.3) is 0 Å². The fourth-order valence-corrected chi connectivity index (χ4v) is 3.71. The molecule has 0 aromatic heterocycles. The standard InChI is InChI=1S/C15H19F3O2S/c16-15(17,18)14(20-12-4-2-1-3-5-12)8-9-21-13-7-6-11(19)10-13/h1-5,11,13-14,19H,6-10H2. The van der Waals surface area contributed by atoms with Crippen LogP contribution in [0.2, 0.25) is 0 Å². The number of halogens is 3. The largest absolute Gasteiger partial charge is 0.481 e. The minimum Gasteiger partial charge on any atom is -0.481 e. The zero-order chi connectivity index (χ0) is 15.3. The summed E-state index contributed by atoms with van der Waals surface area (Å²) in [5, 5.41) is 9.68. The van der Waals surface area contributed by atoms with Crippen LogP contribution in [0, 0.1) is 0 Å². The molecule has 3 unspecified atom stereocenters. The first kappa shape index (κ1) is 16.5. The van der Waals surface area contributed by atoms with Crippen LogP contribution in [0.15, 0.2) is 30.3 Å². The third-order valence-corrected chi connectivity index (χ3v) is 4.85. The second-order valence-electron chi connectivity index (χ2n) is 5.21. The molecule has 0 saturated heterocycles. The van der Waals surface area contributed by atoms with Gasteiger partial charge in [0, 0.05) is 11.7 Å². The van der Waals surface area contributed by atoms with Gasteiger partial charge >= 0.3 is 6.18 Å². The minimum absolute atomic E-state index is 0.0738. The van der Waals surface area contributed by atoms with Gasteiger partial charge in [-0.05, 0) is 37.1 Å². The maximum atomic E-state index is 13.0. The van der Waals surface area contributed by atoms with Crippen molar-refractivity contribution >= 4 is 11.8 Å². The second kappa shape index (κ2) is 7.40. The number of rotatable bonds is 6. The molecule has 2 rings (SSSR count). The number of alkyl halides is 3. The molecule has 6 heteroatoms. The van der Waals surface area contributed by atoms with E-state index in [9.17, 15) is 18.3 Å². The highest BCUT2D eigenvalue weighted by atomic mass is 32.2. The molecule has 0 bridgehead atoms. The highest BCUT2D eigenvalue weighted by Gasteiger charge is 2.41. The Kier molecular flexibility index (Phi) is 5.81. The Balaban J connectivity index is 1.83. The molecule has 3 atom stereocenters. The normalized spacial score (nSPS) is 24.0. The first-order valence-corrected chi connectivity index (χ1v) is 8.08. The van der Waals surface area contributed by atoms with Crippen molar-refractivity contribution < 1.29 is 23.0 Å². The number of thioether (sulfide) groups is 1. The molecule has 0 radical (unpaired) electrons. The van der Waals surface area contributed by atoms with Crippen LogP contribution in [0.4, 0.5) is 13.2 Å². The maximum absolute atomic E-state index is 13.0. The van der Waals surface area contributed by atoms with Crippen LogP contribution < -0.4 is 4.74 Å². The molecule has 1 N–H and O–H groups in total. The molecule has 0 spiro atoms. The predicted molar refractivity (Wildman–Crippen MR) is 77.6 cm³/mol. The Bertz CT molecular complexity index is 425. The van der Waals surface area contributed by atoms with Gasteiger partial charge in [-0.15, -0.1) is 0 Å². The topological polar surface area (TPSA) is 29.5 Å². The molecule has 118 valence electrons. The Morgan fingerprint density at radius 2 is 1.95 bits per heavy atom. The summed E-state index contributed by atoms with van der Waals surface area (Å²) in [5.74, 6) is 0.620. The molecule has 0 aliphatic heterocycles. The lowest BCUT2D eigenvalue weighted by atomic mass is 10.2. The average Bonchev–Trinajstić information content (AvgIpc) is 2.83. The molecular weight excluding hydrogens is 301 g/mol. The van der Waals surface area contributed by atoms with Crippen molar-refractivity contribution in [3.63, 3.8) is 0 Å². The molecule has 1 aliphatic carbocycles. The van der Waals surface area contributed by atoms with Crippen LogP contribution in [0.3, 0.4) is 0 Å². The highest BCUT2D eigenvalue weighted by Crippen LogP contribution is 2.33. The van der Waals surface area contributed by atoms with E-state index in [2.05, 4.69) is 0 Å². The van der Waals surface area contributed by atoms with Crippen molar-refractivity contribution in [2.75, 3.05) is 5.75 Å². The lowest BCUT2D eigenvalue weighted by molar-refractivity contribution is -0.195. The predicted octanol–water partition coefficient (Wildman–Crippen LogP) is 4.03. The van der Waals surface area contributed by atoms with Gasteiger partial charge in [-0.3, -0.25) is 0 Å². The molecule has 2 nitrogen and oxygen atoms in total. The maximum Gasteiger partial charge on any atom is 0.425 e. The Labute approximate surface area is 126 Å². The van der Waals surface area contributed by atoms with Gasteiger partial charge in [0.2, 0.25) is 0 Å². The Hall–Kier alpha value is -0.880. The van der Waals surface area contributed by atoms with Gasteiger partial charge < -0.3 is 9.84 Å². The van der Waals surface area contributed by atoms with Crippen molar-refractivity contribution in [1.29, 1.82) is 0 Å². The summed E-state index contributed by atoms with van der Waals surface area (Å²) in [7, 11) is 0. The molecule has 1 aliphatic rings. The van der Waals surface area contributed by atoms with E-state index in [0.29, 0.717) is 12.2 Å². The van der Waals surface area contributed by atoms with Crippen LogP contribution >= 0.6 is 11.8 Å². The van der Waals surface area contributed by atoms with Crippen molar-refractivity contribution in [2.24, 2.45) is 0 Å². The van der Waals surface area contributed by atoms with Crippen molar-refractivity contribution in [1.82, 2.24) is 0 Å². The third kappa shape index (κ3) is 5.43. The third-order valence-electron chi connectivity index (χ3n) is 3.48. The number of aliphatic hydroxyl groups is 1. The van der Waals surface area contributed by atoms with Crippen molar-refractivity contribution in [2.45, 2.75) is 49.3 Å². The highest BCUT2D eigenvalue weighted by molar-refractivity contribution is 7.99. The SMILES string of the molecule is OC1CCC(SCCC(Oc2ccccc2)C(F)(F)F)C1. The summed E-state index contributed by atoms with van der Waals surface area (Å²) in [6, 6.07) is 8.09. The van der Waals surface area contributed by atoms with E-state index in [1.807, 2.05) is 0 Å². The quantitative estimate of drug-likeness (QED) is 0.858. The van der Waals surface area contributed by atoms with E-state index in [1.54, 1.807) is 18.2 Å². The molecule has 1 aromatic rings. The summed E-state index contributed by atoms with van der Waals surface area (Å²) in [6.45, 7) is 0. The second-order valence-corrected chi connectivity index (χ2v) is 6.62. The summed E-state index contributed by atoms with van der Waals surface area (Å²) in [6.07, 6.45) is -4.20. The molecule has 0 amide bonds. The average molecular weight is 320 g/mol. The Morgan fingerprint density at radius 1 is 1.24 bits per heavy atom. The number of benzene rings is 1. The molecule has 21 heavy (non-hydrogen) atoms. The van der Waals surface area contributed by atoms with Crippen LogP contribution in [0.25, 0.3) is 0 Å². The van der Waals surface area contributed by atoms with Gasteiger partial charge in [0.05, 0.1) is 6.10 Å². The monoisotopic (exact) mass is 320 g/mol. The van der Waals surface area contributed by atoms with E-state index in [0.717, 1.165) is 12.8 Å². The Morgan fingerprint density at radius 3 is 2.52 bits per heavy atom. The van der Waals surface area contributed by atoms with Gasteiger partial charge in [0.15, 0.2) is 6.10 Å². The lowest BCUT2D eigenvalue weighted by Crippen LogP contribution is -2.35. The molecule has 1 saturated carbocycles. The molecule has 1 fully saturated rings. The van der Waals surface area contributed by atoms with Crippen LogP contribution in [0.1, 0.15) is 25.7 Å². The summed E-state index contributed by atoms with van der Waals surface area (Å²) in [4.78, 5) is 0. The van der Waals surface area contributed by atoms with Gasteiger partial charge in [-0.25, -0.2) is 0 Å². The fraction of sp³-hybridized carbons (Fsp3) is 0.600. The van der Waals surface area contributed by atoms with Crippen LogP contribution in [-0.4, -0.2) is 34.5 Å². The smallest absolute Gasteiger partial charge is 0.425 e. The number of hydrogen-bond donors (Lipinski definition) is 1. The number of para-hydroxylation sites is 1. The summed E-state index contributed by atoms with van der Waals surface area (Å²) in [5.41, 5.74) is 0. The first-order valence-electron chi connectivity index (χ1n) is 7.03. The van der Waals surface area contributed by atoms with Gasteiger partial charge in [-0.2, -0.15) is 24.9 Å². The zero-order valence-corrected chi connectivity index (χ0v) is 12.4. The molecular formula is C15H19F3O2S. The number of ether oxygens (including phenoxy) is 1. The zero-order valence-electron chi connectivity index (χ0n) is 11.6. The lowest BCUT2D eigenvalue weighted by Gasteiger charge is -2.22. The minimum atomic E-state index is -4.37.